The molecule has 1 fully saturated rings. The molecule has 1 atom stereocenters. The summed E-state index contributed by atoms with van der Waals surface area (Å²) in [5.41, 5.74) is 1.36. The highest BCUT2D eigenvalue weighted by Gasteiger charge is 2.29. The molecule has 0 saturated carbocycles. The van der Waals surface area contributed by atoms with E-state index in [9.17, 15) is 4.79 Å². The van der Waals surface area contributed by atoms with Crippen LogP contribution in [0.3, 0.4) is 0 Å². The molecular weight excluding hydrogens is 336 g/mol. The summed E-state index contributed by atoms with van der Waals surface area (Å²) in [5, 5.41) is 10.6. The van der Waals surface area contributed by atoms with Gasteiger partial charge in [-0.05, 0) is 25.0 Å². The average Bonchev–Trinajstić information content (AvgIpc) is 3.35. The summed E-state index contributed by atoms with van der Waals surface area (Å²) in [6.45, 7) is 1.41. The topological polar surface area (TPSA) is 67.8 Å². The molecule has 5 heterocycles. The second kappa shape index (κ2) is 5.66. The molecule has 0 aliphatic carbocycles. The maximum Gasteiger partial charge on any atom is 0.274 e. The van der Waals surface area contributed by atoms with E-state index in [1.165, 1.54) is 11.3 Å². The summed E-state index contributed by atoms with van der Waals surface area (Å²) in [6, 6.07) is 5.87. The number of pyridine rings is 1. The van der Waals surface area contributed by atoms with Crippen molar-refractivity contribution in [1.29, 1.82) is 0 Å². The van der Waals surface area contributed by atoms with Crippen LogP contribution in [0.15, 0.2) is 42.2 Å². The van der Waals surface area contributed by atoms with Gasteiger partial charge in [-0.3, -0.25) is 13.6 Å². The number of carbonyl (C=O) groups is 1. The maximum absolute atomic E-state index is 12.9. The Morgan fingerprint density at radius 1 is 1.24 bits per heavy atom. The zero-order valence-corrected chi connectivity index (χ0v) is 14.3. The van der Waals surface area contributed by atoms with E-state index < -0.39 is 0 Å². The van der Waals surface area contributed by atoms with Crippen molar-refractivity contribution >= 4 is 27.9 Å². The maximum atomic E-state index is 12.9. The van der Waals surface area contributed by atoms with Crippen molar-refractivity contribution in [3.05, 3.63) is 53.7 Å². The normalized spacial score (nSPS) is 18.2. The third-order valence-electron chi connectivity index (χ3n) is 4.73. The lowest BCUT2D eigenvalue weighted by molar-refractivity contribution is 0.0699. The van der Waals surface area contributed by atoms with Gasteiger partial charge in [0.05, 0.1) is 0 Å². The minimum atomic E-state index is -0.00517. The highest BCUT2D eigenvalue weighted by molar-refractivity contribution is 7.15. The minimum absolute atomic E-state index is 0.00517. The fraction of sp³-hybridized carbons (Fsp3) is 0.294. The van der Waals surface area contributed by atoms with Crippen molar-refractivity contribution in [2.45, 2.75) is 18.8 Å². The fourth-order valence-electron chi connectivity index (χ4n) is 3.50. The lowest BCUT2D eigenvalue weighted by Gasteiger charge is -2.31. The molecule has 0 bridgehead atoms. The van der Waals surface area contributed by atoms with E-state index in [1.54, 1.807) is 0 Å². The summed E-state index contributed by atoms with van der Waals surface area (Å²) in [7, 11) is 0. The number of imidazole rings is 1. The van der Waals surface area contributed by atoms with Gasteiger partial charge in [0.2, 0.25) is 0 Å². The molecule has 0 radical (unpaired) electrons. The van der Waals surface area contributed by atoms with E-state index in [0.717, 1.165) is 35.8 Å². The van der Waals surface area contributed by atoms with E-state index in [2.05, 4.69) is 15.2 Å². The summed E-state index contributed by atoms with van der Waals surface area (Å²) in [5.74, 6) is 1.12. The molecule has 126 valence electrons. The van der Waals surface area contributed by atoms with Gasteiger partial charge in [0.25, 0.3) is 5.91 Å². The van der Waals surface area contributed by atoms with Crippen LogP contribution in [0.5, 0.6) is 0 Å². The zero-order valence-electron chi connectivity index (χ0n) is 13.4. The van der Waals surface area contributed by atoms with Gasteiger partial charge in [0.15, 0.2) is 10.6 Å². The second-order valence-electron chi connectivity index (χ2n) is 6.30. The van der Waals surface area contributed by atoms with E-state index in [4.69, 9.17) is 0 Å². The van der Waals surface area contributed by atoms with Crippen molar-refractivity contribution in [1.82, 2.24) is 28.9 Å². The third kappa shape index (κ3) is 2.41. The van der Waals surface area contributed by atoms with Gasteiger partial charge in [-0.2, -0.15) is 0 Å². The molecule has 25 heavy (non-hydrogen) atoms. The van der Waals surface area contributed by atoms with Crippen LogP contribution in [0.2, 0.25) is 0 Å². The Morgan fingerprint density at radius 3 is 3.12 bits per heavy atom. The van der Waals surface area contributed by atoms with E-state index >= 15 is 0 Å². The highest BCUT2D eigenvalue weighted by Crippen LogP contribution is 2.27. The number of likely N-dealkylation sites (tertiary alicyclic amines) is 1. The molecule has 4 aromatic heterocycles. The standard InChI is InChI=1S/C17H16N6OS/c24-16(13-11-22-8-9-25-17(22)18-13)21-6-3-4-12(10-21)15-20-19-14-5-1-2-7-23(14)15/h1-2,5,7-9,11-12H,3-4,6,10H2/t12-/m1/s1. The van der Waals surface area contributed by atoms with Crippen LogP contribution in [-0.2, 0) is 0 Å². The van der Waals surface area contributed by atoms with Crippen LogP contribution in [0, 0.1) is 0 Å². The number of hydrogen-bond acceptors (Lipinski definition) is 5. The Morgan fingerprint density at radius 2 is 2.20 bits per heavy atom. The number of aromatic nitrogens is 5. The first kappa shape index (κ1) is 14.6. The van der Waals surface area contributed by atoms with Gasteiger partial charge in [-0.25, -0.2) is 4.98 Å². The number of carbonyl (C=O) groups excluding carboxylic acids is 1. The van der Waals surface area contributed by atoms with Gasteiger partial charge in [0.1, 0.15) is 11.5 Å². The van der Waals surface area contributed by atoms with Crippen LogP contribution < -0.4 is 0 Å². The van der Waals surface area contributed by atoms with Gasteiger partial charge in [0, 0.05) is 43.0 Å². The molecule has 1 amide bonds. The quantitative estimate of drug-likeness (QED) is 0.556. The Hall–Kier alpha value is -2.74. The molecule has 5 rings (SSSR count). The van der Waals surface area contributed by atoms with Crippen LogP contribution in [-0.4, -0.2) is 47.9 Å². The summed E-state index contributed by atoms with van der Waals surface area (Å²) < 4.78 is 3.91. The zero-order chi connectivity index (χ0) is 16.8. The molecule has 1 aliphatic rings. The van der Waals surface area contributed by atoms with E-state index in [1.807, 2.05) is 55.9 Å². The third-order valence-corrected chi connectivity index (χ3v) is 5.50. The highest BCUT2D eigenvalue weighted by atomic mass is 32.1. The van der Waals surface area contributed by atoms with Crippen molar-refractivity contribution in [3.63, 3.8) is 0 Å². The predicted molar refractivity (Wildman–Crippen MR) is 93.9 cm³/mol. The molecule has 7 nitrogen and oxygen atoms in total. The number of amides is 1. The number of fused-ring (bicyclic) bond motifs is 2. The fourth-order valence-corrected chi connectivity index (χ4v) is 4.20. The van der Waals surface area contributed by atoms with Crippen LogP contribution in [0.4, 0.5) is 0 Å². The Kier molecular flexibility index (Phi) is 3.30. The van der Waals surface area contributed by atoms with Crippen molar-refractivity contribution in [2.75, 3.05) is 13.1 Å². The van der Waals surface area contributed by atoms with Gasteiger partial charge >= 0.3 is 0 Å². The largest absolute Gasteiger partial charge is 0.337 e. The summed E-state index contributed by atoms with van der Waals surface area (Å²) in [4.78, 5) is 20.0. The number of hydrogen-bond donors (Lipinski definition) is 0. The van der Waals surface area contributed by atoms with Crippen LogP contribution in [0.1, 0.15) is 35.1 Å². The van der Waals surface area contributed by atoms with E-state index in [0.29, 0.717) is 12.2 Å². The van der Waals surface area contributed by atoms with Crippen molar-refractivity contribution < 1.29 is 4.79 Å². The number of piperidine rings is 1. The number of nitrogens with zero attached hydrogens (tertiary/aromatic N) is 6. The molecule has 0 N–H and O–H groups in total. The molecule has 0 aromatic carbocycles. The molecule has 1 aliphatic heterocycles. The Balaban J connectivity index is 1.42. The van der Waals surface area contributed by atoms with Crippen LogP contribution >= 0.6 is 11.3 Å². The monoisotopic (exact) mass is 352 g/mol. The van der Waals surface area contributed by atoms with Gasteiger partial charge in [-0.1, -0.05) is 6.07 Å². The minimum Gasteiger partial charge on any atom is -0.337 e. The molecule has 0 spiro atoms. The molecular formula is C17H16N6OS. The van der Waals surface area contributed by atoms with Crippen molar-refractivity contribution in [3.8, 4) is 0 Å². The lowest BCUT2D eigenvalue weighted by atomic mass is 9.97. The second-order valence-corrected chi connectivity index (χ2v) is 7.17. The first-order chi connectivity index (χ1) is 12.3. The van der Waals surface area contributed by atoms with Crippen LogP contribution in [0.25, 0.3) is 10.6 Å². The lowest BCUT2D eigenvalue weighted by Crippen LogP contribution is -2.39. The Labute approximate surface area is 147 Å². The number of rotatable bonds is 2. The number of thiazole rings is 1. The van der Waals surface area contributed by atoms with E-state index in [-0.39, 0.29) is 11.8 Å². The average molecular weight is 352 g/mol. The molecule has 8 heteroatoms. The van der Waals surface area contributed by atoms with Crippen molar-refractivity contribution in [2.24, 2.45) is 0 Å². The smallest absolute Gasteiger partial charge is 0.274 e. The Bertz CT molecular complexity index is 1030. The molecule has 1 saturated heterocycles. The van der Waals surface area contributed by atoms with Gasteiger partial charge in [-0.15, -0.1) is 21.5 Å². The SMILES string of the molecule is O=C(c1cn2ccsc2n1)N1CCC[C@@H](c2nnc3ccccn23)C1. The molecule has 4 aromatic rings. The van der Waals surface area contributed by atoms with Gasteiger partial charge < -0.3 is 4.90 Å². The predicted octanol–water partition coefficient (Wildman–Crippen LogP) is 2.46. The first-order valence-electron chi connectivity index (χ1n) is 8.31. The molecule has 0 unspecified atom stereocenters. The summed E-state index contributed by atoms with van der Waals surface area (Å²) in [6.07, 6.45) is 7.68. The summed E-state index contributed by atoms with van der Waals surface area (Å²) >= 11 is 1.53. The first-order valence-corrected chi connectivity index (χ1v) is 9.19.